The molecule has 0 bridgehead atoms. The van der Waals surface area contributed by atoms with E-state index in [-0.39, 0.29) is 19.0 Å². The Morgan fingerprint density at radius 1 is 1.69 bits per heavy atom. The van der Waals surface area contributed by atoms with E-state index in [0.29, 0.717) is 5.75 Å². The molecule has 0 fully saturated rings. The molecule has 1 heterocycles. The van der Waals surface area contributed by atoms with Gasteiger partial charge in [0.15, 0.2) is 0 Å². The Morgan fingerprint density at radius 3 is 3.15 bits per heavy atom. The van der Waals surface area contributed by atoms with Gasteiger partial charge in [-0.1, -0.05) is 0 Å². The minimum absolute atomic E-state index is 0.0944. The number of nitrogens with two attached hydrogens (primary N) is 1. The van der Waals surface area contributed by atoms with Crippen LogP contribution < -0.4 is 10.5 Å². The molecule has 13 heavy (non-hydrogen) atoms. The van der Waals surface area contributed by atoms with Gasteiger partial charge in [0.05, 0.1) is 6.20 Å². The zero-order valence-corrected chi connectivity index (χ0v) is 7.11. The second kappa shape index (κ2) is 5.27. The summed E-state index contributed by atoms with van der Waals surface area (Å²) in [6, 6.07) is 3.43. The zero-order chi connectivity index (χ0) is 9.52. The molecule has 0 amide bonds. The fraction of sp³-hybridized carbons (Fsp3) is 0.222. The lowest BCUT2D eigenvalue weighted by molar-refractivity contribution is 0.317. The highest BCUT2D eigenvalue weighted by atomic mass is 19.1. The van der Waals surface area contributed by atoms with Gasteiger partial charge in [0.1, 0.15) is 18.2 Å². The number of aromatic nitrogens is 1. The highest BCUT2D eigenvalue weighted by Crippen LogP contribution is 2.08. The molecule has 1 aromatic rings. The largest absolute Gasteiger partial charge is 0.485 e. The summed E-state index contributed by atoms with van der Waals surface area (Å²) in [5.74, 6) is 0.175. The molecule has 0 aliphatic carbocycles. The zero-order valence-electron chi connectivity index (χ0n) is 7.11. The summed E-state index contributed by atoms with van der Waals surface area (Å²) in [4.78, 5) is 3.82. The second-order valence-electron chi connectivity index (χ2n) is 2.36. The molecule has 1 aromatic heterocycles. The number of hydrogen-bond donors (Lipinski definition) is 1. The minimum Gasteiger partial charge on any atom is -0.485 e. The molecule has 0 unspecified atom stereocenters. The third-order valence-corrected chi connectivity index (χ3v) is 1.35. The van der Waals surface area contributed by atoms with Gasteiger partial charge in [-0.15, -0.1) is 0 Å². The van der Waals surface area contributed by atoms with Crippen molar-refractivity contribution in [3.63, 3.8) is 0 Å². The van der Waals surface area contributed by atoms with Gasteiger partial charge in [-0.25, -0.2) is 4.39 Å². The van der Waals surface area contributed by atoms with Crippen molar-refractivity contribution in [2.75, 3.05) is 13.2 Å². The van der Waals surface area contributed by atoms with E-state index in [1.807, 2.05) is 0 Å². The monoisotopic (exact) mass is 182 g/mol. The van der Waals surface area contributed by atoms with Crippen LogP contribution in [-0.4, -0.2) is 18.1 Å². The van der Waals surface area contributed by atoms with Crippen LogP contribution in [0.4, 0.5) is 4.39 Å². The van der Waals surface area contributed by atoms with E-state index in [0.717, 1.165) is 0 Å². The Morgan fingerprint density at radius 2 is 2.54 bits per heavy atom. The fourth-order valence-electron chi connectivity index (χ4n) is 0.772. The molecule has 1 rings (SSSR count). The third-order valence-electron chi connectivity index (χ3n) is 1.35. The van der Waals surface area contributed by atoms with Gasteiger partial charge in [0.25, 0.3) is 0 Å². The lowest BCUT2D eigenvalue weighted by Crippen LogP contribution is -2.01. The maximum Gasteiger partial charge on any atom is 0.139 e. The lowest BCUT2D eigenvalue weighted by Gasteiger charge is -2.02. The first-order valence-corrected chi connectivity index (χ1v) is 3.90. The molecular weight excluding hydrogens is 171 g/mol. The molecule has 4 heteroatoms. The van der Waals surface area contributed by atoms with E-state index in [1.54, 1.807) is 18.3 Å². The van der Waals surface area contributed by atoms with Crippen molar-refractivity contribution < 1.29 is 9.13 Å². The maximum atomic E-state index is 12.7. The van der Waals surface area contributed by atoms with Crippen molar-refractivity contribution in [2.24, 2.45) is 5.73 Å². The third kappa shape index (κ3) is 3.66. The molecule has 0 atom stereocenters. The summed E-state index contributed by atoms with van der Waals surface area (Å²) in [5.41, 5.74) is 5.11. The van der Waals surface area contributed by atoms with Crippen molar-refractivity contribution in [3.05, 3.63) is 36.4 Å². The molecule has 0 saturated heterocycles. The summed E-state index contributed by atoms with van der Waals surface area (Å²) in [5, 5.41) is 0. The molecule has 0 spiro atoms. The highest BCUT2D eigenvalue weighted by molar-refractivity contribution is 5.16. The average Bonchev–Trinajstić information content (AvgIpc) is 2.17. The van der Waals surface area contributed by atoms with Crippen molar-refractivity contribution in [2.45, 2.75) is 0 Å². The van der Waals surface area contributed by atoms with Crippen LogP contribution in [0.1, 0.15) is 0 Å². The van der Waals surface area contributed by atoms with E-state index < -0.39 is 0 Å². The Labute approximate surface area is 76.0 Å². The van der Waals surface area contributed by atoms with Gasteiger partial charge in [0, 0.05) is 12.7 Å². The Balaban J connectivity index is 2.39. The number of halogens is 1. The number of pyridine rings is 1. The van der Waals surface area contributed by atoms with Gasteiger partial charge in [-0.2, -0.15) is 0 Å². The number of rotatable bonds is 4. The Kier molecular flexibility index (Phi) is 3.92. The van der Waals surface area contributed by atoms with Crippen molar-refractivity contribution >= 4 is 0 Å². The van der Waals surface area contributed by atoms with Crippen molar-refractivity contribution in [1.29, 1.82) is 0 Å². The topological polar surface area (TPSA) is 48.1 Å². The number of ether oxygens (including phenoxy) is 1. The first-order chi connectivity index (χ1) is 6.33. The highest BCUT2D eigenvalue weighted by Gasteiger charge is 1.95. The second-order valence-corrected chi connectivity index (χ2v) is 2.36. The maximum absolute atomic E-state index is 12.7. The van der Waals surface area contributed by atoms with Crippen molar-refractivity contribution in [1.82, 2.24) is 4.98 Å². The predicted molar refractivity (Wildman–Crippen MR) is 48.0 cm³/mol. The molecule has 0 aromatic carbocycles. The van der Waals surface area contributed by atoms with Crippen LogP contribution >= 0.6 is 0 Å². The van der Waals surface area contributed by atoms with Gasteiger partial charge in [-0.3, -0.25) is 4.98 Å². The lowest BCUT2D eigenvalue weighted by atomic mass is 10.4. The van der Waals surface area contributed by atoms with E-state index >= 15 is 0 Å². The van der Waals surface area contributed by atoms with Crippen LogP contribution in [-0.2, 0) is 0 Å². The summed E-state index contributed by atoms with van der Waals surface area (Å²) >= 11 is 0. The van der Waals surface area contributed by atoms with Crippen LogP contribution in [0.3, 0.4) is 0 Å². The Bertz CT molecular complexity index is 274. The van der Waals surface area contributed by atoms with Crippen LogP contribution in [0.15, 0.2) is 36.4 Å². The van der Waals surface area contributed by atoms with Crippen LogP contribution in [0.5, 0.6) is 5.75 Å². The normalized spacial score (nSPS) is 11.4. The summed E-state index contributed by atoms with van der Waals surface area (Å²) in [6.07, 6.45) is 4.42. The molecular formula is C9H11FN2O. The van der Waals surface area contributed by atoms with Gasteiger partial charge < -0.3 is 10.5 Å². The molecule has 70 valence electrons. The van der Waals surface area contributed by atoms with E-state index in [1.165, 1.54) is 12.3 Å². The van der Waals surface area contributed by atoms with E-state index in [4.69, 9.17) is 10.5 Å². The number of hydrogen-bond acceptors (Lipinski definition) is 3. The fourth-order valence-corrected chi connectivity index (χ4v) is 0.772. The quantitative estimate of drug-likeness (QED) is 0.762. The SMILES string of the molecule is NC/C=C(/F)COc1cccnc1. The molecule has 0 radical (unpaired) electrons. The van der Waals surface area contributed by atoms with Gasteiger partial charge in [-0.05, 0) is 18.2 Å². The van der Waals surface area contributed by atoms with Crippen molar-refractivity contribution in [3.8, 4) is 5.75 Å². The van der Waals surface area contributed by atoms with E-state index in [9.17, 15) is 4.39 Å². The average molecular weight is 182 g/mol. The molecule has 0 aliphatic rings. The molecule has 0 aliphatic heterocycles. The minimum atomic E-state index is -0.369. The first kappa shape index (κ1) is 9.67. The smallest absolute Gasteiger partial charge is 0.139 e. The number of nitrogens with zero attached hydrogens (tertiary/aromatic N) is 1. The summed E-state index contributed by atoms with van der Waals surface area (Å²) in [7, 11) is 0. The summed E-state index contributed by atoms with van der Waals surface area (Å²) in [6.45, 7) is 0.0884. The molecule has 2 N–H and O–H groups in total. The predicted octanol–water partition coefficient (Wildman–Crippen LogP) is 1.27. The summed E-state index contributed by atoms with van der Waals surface area (Å²) < 4.78 is 17.8. The van der Waals surface area contributed by atoms with E-state index in [2.05, 4.69) is 4.98 Å². The molecule has 3 nitrogen and oxygen atoms in total. The van der Waals surface area contributed by atoms with Gasteiger partial charge >= 0.3 is 0 Å². The van der Waals surface area contributed by atoms with Crippen LogP contribution in [0, 0.1) is 0 Å². The van der Waals surface area contributed by atoms with Gasteiger partial charge in [0.2, 0.25) is 0 Å². The first-order valence-electron chi connectivity index (χ1n) is 3.90. The van der Waals surface area contributed by atoms with Crippen LogP contribution in [0.25, 0.3) is 0 Å². The van der Waals surface area contributed by atoms with Crippen LogP contribution in [0.2, 0.25) is 0 Å². The standard InChI is InChI=1S/C9H11FN2O/c10-8(3-4-11)7-13-9-2-1-5-12-6-9/h1-3,5-6H,4,7,11H2/b8-3+. The molecule has 0 saturated carbocycles. The Hall–Kier alpha value is -1.42.